The monoisotopic (exact) mass is 311 g/mol. The van der Waals surface area contributed by atoms with Crippen LogP contribution in [0.5, 0.6) is 0 Å². The van der Waals surface area contributed by atoms with Crippen LogP contribution in [0.15, 0.2) is 42.5 Å². The van der Waals surface area contributed by atoms with Crippen molar-refractivity contribution in [1.29, 1.82) is 0 Å². The van der Waals surface area contributed by atoms with Gasteiger partial charge in [-0.05, 0) is 34.8 Å². The first-order chi connectivity index (χ1) is 10.3. The van der Waals surface area contributed by atoms with Gasteiger partial charge in [-0.25, -0.2) is 0 Å². The number of anilines is 1. The highest BCUT2D eigenvalue weighted by atomic mass is 35.5. The molecule has 0 atom stereocenters. The lowest BCUT2D eigenvalue weighted by Gasteiger charge is -2.18. The van der Waals surface area contributed by atoms with Gasteiger partial charge in [0.25, 0.3) is 5.91 Å². The molecule has 0 bridgehead atoms. The topological polar surface area (TPSA) is 29.1 Å². The average Bonchev–Trinajstić information content (AvgIpc) is 2.74. The molecule has 0 spiro atoms. The zero-order valence-corrected chi connectivity index (χ0v) is 13.7. The minimum atomic E-state index is -0.0860. The van der Waals surface area contributed by atoms with Gasteiger partial charge in [0.05, 0.1) is 5.69 Å². The molecule has 1 heterocycles. The van der Waals surface area contributed by atoms with E-state index in [4.69, 9.17) is 11.6 Å². The molecule has 0 unspecified atom stereocenters. The van der Waals surface area contributed by atoms with E-state index in [0.717, 1.165) is 16.8 Å². The van der Waals surface area contributed by atoms with E-state index < -0.39 is 0 Å². The summed E-state index contributed by atoms with van der Waals surface area (Å²) in [5.74, 6) is -0.0860. The first-order valence-electron chi connectivity index (χ1n) is 7.28. The van der Waals surface area contributed by atoms with Gasteiger partial charge in [-0.15, -0.1) is 0 Å². The van der Waals surface area contributed by atoms with Crippen LogP contribution in [0.25, 0.3) is 11.6 Å². The Morgan fingerprint density at radius 2 is 1.73 bits per heavy atom. The fraction of sp³-hybridized carbons (Fsp3) is 0.211. The Hall–Kier alpha value is -2.06. The zero-order valence-electron chi connectivity index (χ0n) is 12.9. The lowest BCUT2D eigenvalue weighted by atomic mass is 9.86. The fourth-order valence-corrected chi connectivity index (χ4v) is 2.73. The van der Waals surface area contributed by atoms with Gasteiger partial charge in [-0.3, -0.25) is 4.79 Å². The van der Waals surface area contributed by atoms with Crippen molar-refractivity contribution in [3.05, 3.63) is 64.2 Å². The van der Waals surface area contributed by atoms with E-state index >= 15 is 0 Å². The van der Waals surface area contributed by atoms with Crippen LogP contribution in [0, 0.1) is 0 Å². The molecule has 0 saturated carbocycles. The second-order valence-corrected chi connectivity index (χ2v) is 7.01. The summed E-state index contributed by atoms with van der Waals surface area (Å²) in [6.45, 7) is 6.56. The van der Waals surface area contributed by atoms with Crippen molar-refractivity contribution in [2.45, 2.75) is 26.2 Å². The van der Waals surface area contributed by atoms with Crippen molar-refractivity contribution in [2.24, 2.45) is 0 Å². The molecule has 1 amide bonds. The molecule has 2 aromatic carbocycles. The Balaban J connectivity index is 1.98. The summed E-state index contributed by atoms with van der Waals surface area (Å²) < 4.78 is 0. The maximum atomic E-state index is 12.2. The third-order valence-corrected chi connectivity index (χ3v) is 4.09. The van der Waals surface area contributed by atoms with E-state index in [1.54, 1.807) is 12.1 Å². The molecule has 0 fully saturated rings. The summed E-state index contributed by atoms with van der Waals surface area (Å²) in [6, 6.07) is 13.8. The number of halogens is 1. The molecule has 1 aliphatic rings. The Morgan fingerprint density at radius 3 is 2.36 bits per heavy atom. The third kappa shape index (κ3) is 2.79. The van der Waals surface area contributed by atoms with Gasteiger partial charge >= 0.3 is 0 Å². The van der Waals surface area contributed by atoms with Gasteiger partial charge < -0.3 is 5.32 Å². The minimum absolute atomic E-state index is 0.0860. The molecule has 1 N–H and O–H groups in total. The number of hydrogen-bond donors (Lipinski definition) is 1. The van der Waals surface area contributed by atoms with Crippen LogP contribution in [0.3, 0.4) is 0 Å². The van der Waals surface area contributed by atoms with Crippen LogP contribution < -0.4 is 5.32 Å². The van der Waals surface area contributed by atoms with E-state index in [1.807, 2.05) is 12.1 Å². The summed E-state index contributed by atoms with van der Waals surface area (Å²) in [7, 11) is 0. The largest absolute Gasteiger partial charge is 0.321 e. The second-order valence-electron chi connectivity index (χ2n) is 6.57. The molecule has 2 nitrogen and oxygen atoms in total. The first kappa shape index (κ1) is 14.9. The Morgan fingerprint density at radius 1 is 1.05 bits per heavy atom. The number of carbonyl (C=O) groups excluding carboxylic acids is 1. The van der Waals surface area contributed by atoms with Gasteiger partial charge in [0, 0.05) is 16.2 Å². The number of carbonyl (C=O) groups is 1. The lowest BCUT2D eigenvalue weighted by Crippen LogP contribution is -2.10. The standard InChI is InChI=1S/C19H18ClNO/c1-19(2,3)13-6-4-12(5-7-13)10-16-15-9-8-14(20)11-17(15)21-18(16)22/h4-11H,1-3H3,(H,21,22)/b16-10-. The highest BCUT2D eigenvalue weighted by molar-refractivity contribution is 6.36. The third-order valence-electron chi connectivity index (χ3n) is 3.85. The highest BCUT2D eigenvalue weighted by Crippen LogP contribution is 2.35. The van der Waals surface area contributed by atoms with Crippen LogP contribution in [-0.2, 0) is 10.2 Å². The number of benzene rings is 2. The molecule has 0 radical (unpaired) electrons. The summed E-state index contributed by atoms with van der Waals surface area (Å²) in [4.78, 5) is 12.2. The summed E-state index contributed by atoms with van der Waals surface area (Å²) in [5.41, 5.74) is 4.76. The van der Waals surface area contributed by atoms with Crippen LogP contribution in [0.1, 0.15) is 37.5 Å². The minimum Gasteiger partial charge on any atom is -0.321 e. The van der Waals surface area contributed by atoms with E-state index in [-0.39, 0.29) is 11.3 Å². The number of rotatable bonds is 1. The number of hydrogen-bond acceptors (Lipinski definition) is 1. The van der Waals surface area contributed by atoms with Crippen molar-refractivity contribution in [3.8, 4) is 0 Å². The van der Waals surface area contributed by atoms with Crippen molar-refractivity contribution in [1.82, 2.24) is 0 Å². The van der Waals surface area contributed by atoms with E-state index in [1.165, 1.54) is 5.56 Å². The smallest absolute Gasteiger partial charge is 0.256 e. The van der Waals surface area contributed by atoms with E-state index in [0.29, 0.717) is 10.6 Å². The fourth-order valence-electron chi connectivity index (χ4n) is 2.56. The molecular weight excluding hydrogens is 294 g/mol. The Bertz CT molecular complexity index is 767. The predicted octanol–water partition coefficient (Wildman–Crippen LogP) is 5.13. The summed E-state index contributed by atoms with van der Waals surface area (Å²) >= 11 is 5.97. The van der Waals surface area contributed by atoms with Gasteiger partial charge in [0.15, 0.2) is 0 Å². The maximum Gasteiger partial charge on any atom is 0.256 e. The van der Waals surface area contributed by atoms with Crippen LogP contribution in [-0.4, -0.2) is 5.91 Å². The molecule has 0 aliphatic carbocycles. The van der Waals surface area contributed by atoms with Crippen molar-refractivity contribution < 1.29 is 4.79 Å². The normalized spacial score (nSPS) is 15.8. The van der Waals surface area contributed by atoms with Gasteiger partial charge in [-0.2, -0.15) is 0 Å². The quantitative estimate of drug-likeness (QED) is 0.727. The molecular formula is C19H18ClNO. The molecule has 0 aromatic heterocycles. The molecule has 22 heavy (non-hydrogen) atoms. The maximum absolute atomic E-state index is 12.2. The molecule has 112 valence electrons. The highest BCUT2D eigenvalue weighted by Gasteiger charge is 2.24. The van der Waals surface area contributed by atoms with Gasteiger partial charge in [0.1, 0.15) is 0 Å². The lowest BCUT2D eigenvalue weighted by molar-refractivity contribution is -0.110. The first-order valence-corrected chi connectivity index (χ1v) is 7.66. The SMILES string of the molecule is CC(C)(C)c1ccc(/C=C2\C(=O)Nc3cc(Cl)ccc32)cc1. The molecule has 2 aromatic rings. The van der Waals surface area contributed by atoms with E-state index in [2.05, 4.69) is 50.4 Å². The molecule has 3 heteroatoms. The van der Waals surface area contributed by atoms with Crippen LogP contribution in [0.2, 0.25) is 5.02 Å². The number of nitrogens with one attached hydrogen (secondary N) is 1. The number of amides is 1. The van der Waals surface area contributed by atoms with Gasteiger partial charge in [-0.1, -0.05) is 62.7 Å². The van der Waals surface area contributed by atoms with Gasteiger partial charge in [0.2, 0.25) is 0 Å². The Labute approximate surface area is 135 Å². The van der Waals surface area contributed by atoms with Crippen molar-refractivity contribution in [3.63, 3.8) is 0 Å². The molecule has 1 aliphatic heterocycles. The molecule has 0 saturated heterocycles. The molecule has 3 rings (SSSR count). The predicted molar refractivity (Wildman–Crippen MR) is 93.1 cm³/mol. The average molecular weight is 312 g/mol. The Kier molecular flexibility index (Phi) is 3.57. The van der Waals surface area contributed by atoms with Crippen LogP contribution >= 0.6 is 11.6 Å². The van der Waals surface area contributed by atoms with Crippen molar-refractivity contribution >= 4 is 34.8 Å². The van der Waals surface area contributed by atoms with Crippen molar-refractivity contribution in [2.75, 3.05) is 5.32 Å². The zero-order chi connectivity index (χ0) is 15.9. The second kappa shape index (κ2) is 5.29. The van der Waals surface area contributed by atoms with E-state index in [9.17, 15) is 4.79 Å². The number of fused-ring (bicyclic) bond motifs is 1. The summed E-state index contributed by atoms with van der Waals surface area (Å²) in [6.07, 6.45) is 1.92. The van der Waals surface area contributed by atoms with Crippen LogP contribution in [0.4, 0.5) is 5.69 Å². The summed E-state index contributed by atoms with van der Waals surface area (Å²) in [5, 5.41) is 3.47.